The van der Waals surface area contributed by atoms with Crippen LogP contribution in [0.15, 0.2) is 36.4 Å². The van der Waals surface area contributed by atoms with Gasteiger partial charge in [-0.3, -0.25) is 0 Å². The molecule has 0 amide bonds. The van der Waals surface area contributed by atoms with Crippen molar-refractivity contribution in [1.82, 2.24) is 0 Å². The van der Waals surface area contributed by atoms with Crippen LogP contribution >= 0.6 is 0 Å². The van der Waals surface area contributed by atoms with Gasteiger partial charge in [0.2, 0.25) is 0 Å². The summed E-state index contributed by atoms with van der Waals surface area (Å²) in [4.78, 5) is 0. The van der Waals surface area contributed by atoms with Gasteiger partial charge in [0.15, 0.2) is 0 Å². The van der Waals surface area contributed by atoms with E-state index in [0.717, 1.165) is 0 Å². The molecule has 0 atom stereocenters. The molecule has 0 heterocycles. The quantitative estimate of drug-likeness (QED) is 0.510. The minimum atomic E-state index is 0. The Hall–Kier alpha value is -0.274. The van der Waals surface area contributed by atoms with Crippen molar-refractivity contribution in [2.24, 2.45) is 0 Å². The molecule has 0 spiro atoms. The van der Waals surface area contributed by atoms with Crippen molar-refractivity contribution in [3.8, 4) is 0 Å². The summed E-state index contributed by atoms with van der Waals surface area (Å²) in [5.41, 5.74) is 0. The van der Waals surface area contributed by atoms with Crippen LogP contribution in [0.4, 0.5) is 0 Å². The predicted octanol–water partition coefficient (Wildman–Crippen LogP) is 1.68. The minimum Gasteiger partial charge on any atom is -0.0623 e. The summed E-state index contributed by atoms with van der Waals surface area (Å²) in [6.45, 7) is 0. The molecular weight excluding hydrogens is 131 g/mol. The number of hydrogen-bond donors (Lipinski definition) is 0. The van der Waals surface area contributed by atoms with Crippen LogP contribution in [-0.2, 0) is 16.8 Å². The average molecular weight is 137 g/mol. The molecule has 1 radical (unpaired) electrons. The number of benzene rings is 1. The zero-order valence-corrected chi connectivity index (χ0v) is 4.84. The van der Waals surface area contributed by atoms with Gasteiger partial charge in [0.05, 0.1) is 0 Å². The van der Waals surface area contributed by atoms with Gasteiger partial charge in [-0.2, -0.15) is 0 Å². The summed E-state index contributed by atoms with van der Waals surface area (Å²) in [5.74, 6) is 0. The van der Waals surface area contributed by atoms with E-state index in [1.54, 1.807) is 0 Å². The zero-order valence-electron chi connectivity index (χ0n) is 3.80. The molecule has 37 valence electrons. The van der Waals surface area contributed by atoms with Crippen molar-refractivity contribution in [2.45, 2.75) is 0 Å². The van der Waals surface area contributed by atoms with Crippen LogP contribution in [0.5, 0.6) is 0 Å². The van der Waals surface area contributed by atoms with E-state index in [2.05, 4.69) is 0 Å². The number of hydrogen-bond acceptors (Lipinski definition) is 0. The Morgan fingerprint density at radius 3 is 0.714 bits per heavy atom. The maximum absolute atomic E-state index is 2.00. The predicted molar refractivity (Wildman–Crippen MR) is 26.4 cm³/mol. The first kappa shape index (κ1) is 6.73. The van der Waals surface area contributed by atoms with Gasteiger partial charge in [-0.05, 0) is 0 Å². The SMILES string of the molecule is [Co+2].c1ccccc1. The van der Waals surface area contributed by atoms with Crippen LogP contribution in [0.1, 0.15) is 0 Å². The van der Waals surface area contributed by atoms with Crippen LogP contribution in [0.25, 0.3) is 0 Å². The maximum atomic E-state index is 2.00. The molecule has 0 aliphatic rings. The van der Waals surface area contributed by atoms with E-state index >= 15 is 0 Å². The zero-order chi connectivity index (χ0) is 4.24. The monoisotopic (exact) mass is 137 g/mol. The second-order valence-electron chi connectivity index (χ2n) is 1.15. The van der Waals surface area contributed by atoms with Crippen molar-refractivity contribution >= 4 is 0 Å². The average Bonchev–Trinajstić information content (AvgIpc) is 1.72. The van der Waals surface area contributed by atoms with Crippen molar-refractivity contribution in [2.75, 3.05) is 0 Å². The molecule has 0 nitrogen and oxygen atoms in total. The van der Waals surface area contributed by atoms with Crippen LogP contribution in [0, 0.1) is 0 Å². The van der Waals surface area contributed by atoms with E-state index in [4.69, 9.17) is 0 Å². The van der Waals surface area contributed by atoms with Gasteiger partial charge < -0.3 is 0 Å². The van der Waals surface area contributed by atoms with E-state index in [0.29, 0.717) is 0 Å². The summed E-state index contributed by atoms with van der Waals surface area (Å²) in [7, 11) is 0. The van der Waals surface area contributed by atoms with Gasteiger partial charge >= 0.3 is 16.8 Å². The third kappa shape index (κ3) is 2.43. The van der Waals surface area contributed by atoms with Gasteiger partial charge in [-0.15, -0.1) is 0 Å². The van der Waals surface area contributed by atoms with E-state index in [-0.39, 0.29) is 16.8 Å². The molecule has 0 saturated carbocycles. The molecule has 0 aromatic heterocycles. The summed E-state index contributed by atoms with van der Waals surface area (Å²) < 4.78 is 0. The van der Waals surface area contributed by atoms with E-state index in [1.165, 1.54) is 0 Å². The van der Waals surface area contributed by atoms with Crippen LogP contribution in [0.2, 0.25) is 0 Å². The maximum Gasteiger partial charge on any atom is 2.00 e. The third-order valence-electron chi connectivity index (χ3n) is 0.667. The normalized spacial score (nSPS) is 6.86. The molecule has 1 heteroatoms. The fourth-order valence-electron chi connectivity index (χ4n) is 0.385. The van der Waals surface area contributed by atoms with E-state index in [1.807, 2.05) is 36.4 Å². The first-order valence-electron chi connectivity index (χ1n) is 2.00. The Bertz CT molecular complexity index is 76.1. The second-order valence-corrected chi connectivity index (χ2v) is 1.15. The van der Waals surface area contributed by atoms with Gasteiger partial charge in [0, 0.05) is 0 Å². The summed E-state index contributed by atoms with van der Waals surface area (Å²) in [6.07, 6.45) is 0. The van der Waals surface area contributed by atoms with Gasteiger partial charge in [0.1, 0.15) is 0 Å². The van der Waals surface area contributed by atoms with Crippen molar-refractivity contribution in [1.29, 1.82) is 0 Å². The largest absolute Gasteiger partial charge is 2.00 e. The van der Waals surface area contributed by atoms with Crippen molar-refractivity contribution in [3.63, 3.8) is 0 Å². The molecule has 1 aromatic carbocycles. The van der Waals surface area contributed by atoms with Crippen LogP contribution < -0.4 is 0 Å². The Balaban J connectivity index is 0.000000360. The Morgan fingerprint density at radius 1 is 0.429 bits per heavy atom. The molecule has 0 bridgehead atoms. The van der Waals surface area contributed by atoms with Crippen molar-refractivity contribution in [3.05, 3.63) is 36.4 Å². The Kier molecular flexibility index (Phi) is 3.75. The Morgan fingerprint density at radius 2 is 0.571 bits per heavy atom. The molecule has 1 aromatic rings. The topological polar surface area (TPSA) is 0 Å². The number of rotatable bonds is 0. The second kappa shape index (κ2) is 3.90. The van der Waals surface area contributed by atoms with E-state index in [9.17, 15) is 0 Å². The van der Waals surface area contributed by atoms with Crippen molar-refractivity contribution < 1.29 is 16.8 Å². The molecule has 0 fully saturated rings. The first-order valence-corrected chi connectivity index (χ1v) is 2.00. The molecule has 0 saturated heterocycles. The standard InChI is InChI=1S/C6H6.Co/c1-2-4-6-5-3-1;/h1-6H;/q;+2. The van der Waals surface area contributed by atoms with Crippen LogP contribution in [-0.4, -0.2) is 0 Å². The molecule has 7 heavy (non-hydrogen) atoms. The third-order valence-corrected chi connectivity index (χ3v) is 0.667. The fraction of sp³-hybridized carbons (Fsp3) is 0. The summed E-state index contributed by atoms with van der Waals surface area (Å²) >= 11 is 0. The first-order chi connectivity index (χ1) is 3.00. The summed E-state index contributed by atoms with van der Waals surface area (Å²) in [5, 5.41) is 0. The molecule has 0 unspecified atom stereocenters. The molecule has 0 N–H and O–H groups in total. The minimum absolute atomic E-state index is 0. The molecule has 0 aliphatic heterocycles. The van der Waals surface area contributed by atoms with Gasteiger partial charge in [-0.1, -0.05) is 36.4 Å². The summed E-state index contributed by atoms with van der Waals surface area (Å²) in [6, 6.07) is 12.0. The molecule has 0 aliphatic carbocycles. The molecule has 1 rings (SSSR count). The smallest absolute Gasteiger partial charge is 0.0623 e. The fourth-order valence-corrected chi connectivity index (χ4v) is 0.385. The van der Waals surface area contributed by atoms with Gasteiger partial charge in [0.25, 0.3) is 0 Å². The van der Waals surface area contributed by atoms with Gasteiger partial charge in [-0.25, -0.2) is 0 Å². The Labute approximate surface area is 53.8 Å². The van der Waals surface area contributed by atoms with Crippen LogP contribution in [0.3, 0.4) is 0 Å². The van der Waals surface area contributed by atoms with E-state index < -0.39 is 0 Å². The molecular formula is C6H6Co+2.